The van der Waals surface area contributed by atoms with Crippen LogP contribution in [0.1, 0.15) is 44.7 Å². The minimum Gasteiger partial charge on any atom is -0.356 e. The molecule has 2 aromatic heterocycles. The Hall–Kier alpha value is -1.44. The predicted octanol–water partition coefficient (Wildman–Crippen LogP) is 4.13. The van der Waals surface area contributed by atoms with Gasteiger partial charge in [-0.05, 0) is 44.6 Å². The first kappa shape index (κ1) is 17.4. The molecule has 0 radical (unpaired) electrons. The van der Waals surface area contributed by atoms with Crippen molar-refractivity contribution in [2.24, 2.45) is 0 Å². The third-order valence-electron chi connectivity index (χ3n) is 4.17. The normalized spacial score (nSPS) is 15.5. The minimum absolute atomic E-state index is 0.310. The van der Waals surface area contributed by atoms with Crippen LogP contribution >= 0.6 is 11.3 Å². The van der Waals surface area contributed by atoms with Gasteiger partial charge in [-0.3, -0.25) is 0 Å². The number of sulfonamides is 1. The molecular formula is C17H22N2O3S2. The number of aromatic nitrogens is 1. The van der Waals surface area contributed by atoms with Crippen LogP contribution in [0, 0.1) is 0 Å². The minimum atomic E-state index is -3.47. The maximum atomic E-state index is 12.4. The summed E-state index contributed by atoms with van der Waals surface area (Å²) in [5.41, 5.74) is 2.98. The lowest BCUT2D eigenvalue weighted by atomic mass is 9.97. The van der Waals surface area contributed by atoms with Gasteiger partial charge in [0.25, 0.3) is 0 Å². The highest BCUT2D eigenvalue weighted by Crippen LogP contribution is 2.29. The maximum Gasteiger partial charge on any atom is 0.250 e. The van der Waals surface area contributed by atoms with Gasteiger partial charge >= 0.3 is 0 Å². The molecule has 0 fully saturated rings. The first-order valence-electron chi connectivity index (χ1n) is 8.30. The Morgan fingerprint density at radius 3 is 2.92 bits per heavy atom. The second-order valence-electron chi connectivity index (χ2n) is 5.95. The summed E-state index contributed by atoms with van der Waals surface area (Å²) in [6, 6.07) is 3.49. The van der Waals surface area contributed by atoms with Crippen molar-refractivity contribution in [2.45, 2.75) is 49.7 Å². The Labute approximate surface area is 146 Å². The van der Waals surface area contributed by atoms with Crippen molar-refractivity contribution >= 4 is 21.4 Å². The summed E-state index contributed by atoms with van der Waals surface area (Å²) in [5, 5.41) is 5.73. The van der Waals surface area contributed by atoms with E-state index in [1.165, 1.54) is 29.8 Å². The van der Waals surface area contributed by atoms with Gasteiger partial charge in [0.15, 0.2) is 5.76 Å². The summed E-state index contributed by atoms with van der Waals surface area (Å²) in [4.78, 5) is 0. The van der Waals surface area contributed by atoms with Crippen molar-refractivity contribution in [3.8, 4) is 11.3 Å². The average Bonchev–Trinajstić information content (AvgIpc) is 3.25. The number of hydrogen-bond acceptors (Lipinski definition) is 5. The molecule has 7 heteroatoms. The Kier molecular flexibility index (Phi) is 5.53. The summed E-state index contributed by atoms with van der Waals surface area (Å²) in [7, 11) is -3.47. The largest absolute Gasteiger partial charge is 0.356 e. The third kappa shape index (κ3) is 4.15. The molecule has 2 heterocycles. The molecule has 130 valence electrons. The van der Waals surface area contributed by atoms with E-state index in [4.69, 9.17) is 4.52 Å². The topological polar surface area (TPSA) is 72.2 Å². The van der Waals surface area contributed by atoms with E-state index in [1.807, 2.05) is 13.0 Å². The third-order valence-corrected chi connectivity index (χ3v) is 7.07. The van der Waals surface area contributed by atoms with E-state index < -0.39 is 10.0 Å². The smallest absolute Gasteiger partial charge is 0.250 e. The van der Waals surface area contributed by atoms with Gasteiger partial charge < -0.3 is 4.52 Å². The summed E-state index contributed by atoms with van der Waals surface area (Å²) in [6.07, 6.45) is 8.49. The summed E-state index contributed by atoms with van der Waals surface area (Å²) in [6.45, 7) is 2.44. The molecule has 0 aromatic carbocycles. The molecule has 2 aromatic rings. The predicted molar refractivity (Wildman–Crippen MR) is 95.6 cm³/mol. The monoisotopic (exact) mass is 366 g/mol. The molecule has 0 aliphatic heterocycles. The summed E-state index contributed by atoms with van der Waals surface area (Å²) < 4.78 is 33.1. The molecule has 0 bridgehead atoms. The molecule has 1 aliphatic rings. The highest BCUT2D eigenvalue weighted by molar-refractivity contribution is 7.91. The second-order valence-corrected chi connectivity index (χ2v) is 8.85. The van der Waals surface area contributed by atoms with Gasteiger partial charge in [0.2, 0.25) is 10.0 Å². The van der Waals surface area contributed by atoms with Crippen LogP contribution in [-0.2, 0) is 16.4 Å². The van der Waals surface area contributed by atoms with Crippen LogP contribution < -0.4 is 4.72 Å². The molecular weight excluding hydrogens is 344 g/mol. The maximum absolute atomic E-state index is 12.4. The van der Waals surface area contributed by atoms with E-state index in [0.717, 1.165) is 36.9 Å². The number of allylic oxidation sites excluding steroid dienone is 1. The van der Waals surface area contributed by atoms with Crippen molar-refractivity contribution in [1.29, 1.82) is 0 Å². The first-order valence-corrected chi connectivity index (χ1v) is 10.7. The van der Waals surface area contributed by atoms with Gasteiger partial charge in [-0.1, -0.05) is 23.7 Å². The van der Waals surface area contributed by atoms with Crippen LogP contribution in [0.15, 0.2) is 37.9 Å². The van der Waals surface area contributed by atoms with Gasteiger partial charge in [0.1, 0.15) is 4.21 Å². The lowest BCUT2D eigenvalue weighted by molar-refractivity contribution is 0.424. The molecule has 1 aliphatic carbocycles. The van der Waals surface area contributed by atoms with Crippen molar-refractivity contribution in [1.82, 2.24) is 9.88 Å². The van der Waals surface area contributed by atoms with E-state index in [0.29, 0.717) is 16.5 Å². The fraction of sp³-hybridized carbons (Fsp3) is 0.471. The van der Waals surface area contributed by atoms with Gasteiger partial charge in [-0.15, -0.1) is 11.3 Å². The highest BCUT2D eigenvalue weighted by atomic mass is 32.2. The van der Waals surface area contributed by atoms with Gasteiger partial charge in [-0.25, -0.2) is 13.1 Å². The molecule has 5 nitrogen and oxygen atoms in total. The first-order chi connectivity index (χ1) is 11.6. The van der Waals surface area contributed by atoms with Crippen molar-refractivity contribution in [2.75, 3.05) is 6.54 Å². The number of rotatable bonds is 7. The standard InChI is InChI=1S/C17H22N2O3S2/c1-2-15-11-16(22-19-15)14-10-17(23-12-14)24(20,21)18-9-8-13-6-4-3-5-7-13/h6,10-12,18H,2-5,7-9H2,1H3. The lowest BCUT2D eigenvalue weighted by Crippen LogP contribution is -2.24. The van der Waals surface area contributed by atoms with E-state index in [2.05, 4.69) is 16.0 Å². The SMILES string of the molecule is CCc1cc(-c2csc(S(=O)(=O)NCCC3=CCCCC3)c2)on1. The summed E-state index contributed by atoms with van der Waals surface area (Å²) >= 11 is 1.20. The van der Waals surface area contributed by atoms with Crippen LogP contribution in [0.5, 0.6) is 0 Å². The highest BCUT2D eigenvalue weighted by Gasteiger charge is 2.18. The quantitative estimate of drug-likeness (QED) is 0.748. The van der Waals surface area contributed by atoms with Crippen LogP contribution in [0.3, 0.4) is 0 Å². The van der Waals surface area contributed by atoms with Crippen molar-refractivity contribution in [3.63, 3.8) is 0 Å². The molecule has 0 spiro atoms. The molecule has 1 N–H and O–H groups in total. The molecule has 0 saturated carbocycles. The molecule has 0 saturated heterocycles. The Balaban J connectivity index is 1.63. The zero-order chi connectivity index (χ0) is 17.0. The number of hydrogen-bond donors (Lipinski definition) is 1. The summed E-state index contributed by atoms with van der Waals surface area (Å²) in [5.74, 6) is 0.608. The van der Waals surface area contributed by atoms with Crippen LogP contribution in [0.25, 0.3) is 11.3 Å². The van der Waals surface area contributed by atoms with Gasteiger partial charge in [-0.2, -0.15) is 0 Å². The zero-order valence-corrected chi connectivity index (χ0v) is 15.4. The fourth-order valence-electron chi connectivity index (χ4n) is 2.75. The number of nitrogens with zero attached hydrogens (tertiary/aromatic N) is 1. The molecule has 0 amide bonds. The fourth-order valence-corrected chi connectivity index (χ4v) is 5.00. The van der Waals surface area contributed by atoms with Crippen molar-refractivity contribution in [3.05, 3.63) is 34.9 Å². The number of nitrogens with one attached hydrogen (secondary N) is 1. The van der Waals surface area contributed by atoms with E-state index in [-0.39, 0.29) is 0 Å². The Morgan fingerprint density at radius 2 is 2.21 bits per heavy atom. The van der Waals surface area contributed by atoms with Crippen LogP contribution in [0.4, 0.5) is 0 Å². The number of aryl methyl sites for hydroxylation is 1. The van der Waals surface area contributed by atoms with E-state index in [9.17, 15) is 8.42 Å². The molecule has 0 unspecified atom stereocenters. The van der Waals surface area contributed by atoms with Gasteiger partial charge in [0.05, 0.1) is 5.69 Å². The molecule has 24 heavy (non-hydrogen) atoms. The van der Waals surface area contributed by atoms with Crippen LogP contribution in [-0.4, -0.2) is 20.1 Å². The lowest BCUT2D eigenvalue weighted by Gasteiger charge is -2.12. The molecule has 0 atom stereocenters. The Bertz CT molecular complexity index is 819. The molecule has 3 rings (SSSR count). The number of thiophene rings is 1. The van der Waals surface area contributed by atoms with E-state index >= 15 is 0 Å². The Morgan fingerprint density at radius 1 is 1.33 bits per heavy atom. The van der Waals surface area contributed by atoms with Crippen molar-refractivity contribution < 1.29 is 12.9 Å². The second kappa shape index (κ2) is 7.63. The van der Waals surface area contributed by atoms with Gasteiger partial charge in [0, 0.05) is 23.6 Å². The zero-order valence-electron chi connectivity index (χ0n) is 13.7. The average molecular weight is 367 g/mol. The van der Waals surface area contributed by atoms with E-state index in [1.54, 1.807) is 11.4 Å². The van der Waals surface area contributed by atoms with Crippen LogP contribution in [0.2, 0.25) is 0 Å².